The van der Waals surface area contributed by atoms with Crippen LogP contribution in [0, 0.1) is 16.6 Å². The summed E-state index contributed by atoms with van der Waals surface area (Å²) < 4.78 is 2.60. The number of rotatable bonds is 8. The highest BCUT2D eigenvalue weighted by molar-refractivity contribution is 14.1. The Balaban J connectivity index is 0.00000480. The molecule has 0 saturated heterocycles. The molecule has 0 radical (unpaired) electrons. The van der Waals surface area contributed by atoms with E-state index in [2.05, 4.69) is 78.1 Å². The number of hydrogen-bond donors (Lipinski definition) is 2. The zero-order valence-electron chi connectivity index (χ0n) is 17.2. The Labute approximate surface area is 229 Å². The van der Waals surface area contributed by atoms with Crippen LogP contribution in [-0.2, 0) is 11.2 Å². The summed E-state index contributed by atoms with van der Waals surface area (Å²) >= 11 is 6.55. The number of hydrogen-bond acceptors (Lipinski definition) is 3. The summed E-state index contributed by atoms with van der Waals surface area (Å²) in [6.07, 6.45) is 2.70. The summed E-state index contributed by atoms with van der Waals surface area (Å²) in [6, 6.07) is 9.29. The van der Waals surface area contributed by atoms with Crippen LogP contribution >= 0.6 is 80.2 Å². The average molecular weight is 782 g/mol. The normalized spacial score (nSPS) is 11.7. The number of amides is 1. The van der Waals surface area contributed by atoms with E-state index in [9.17, 15) is 14.7 Å². The second-order valence-electron chi connectivity index (χ2n) is 6.89. The number of aliphatic imine (C=N–C) groups is 1. The highest BCUT2D eigenvalue weighted by Gasteiger charge is 2.20. The van der Waals surface area contributed by atoms with Gasteiger partial charge in [-0.3, -0.25) is 9.59 Å². The lowest BCUT2D eigenvalue weighted by molar-refractivity contribution is -0.141. The van der Waals surface area contributed by atoms with Gasteiger partial charge in [0.15, 0.2) is 0 Å². The summed E-state index contributed by atoms with van der Waals surface area (Å²) in [5.41, 5.74) is 2.85. The Hall–Kier alpha value is -0.670. The third kappa shape index (κ3) is 8.00. The minimum Gasteiger partial charge on any atom is -0.481 e. The van der Waals surface area contributed by atoms with E-state index in [0.29, 0.717) is 24.1 Å². The number of anilines is 1. The monoisotopic (exact) mass is 781 g/mol. The molecular weight excluding hydrogens is 758 g/mol. The molecule has 1 atom stereocenters. The molecule has 0 saturated carbocycles. The number of nitrogens with one attached hydrogen (secondary N) is 1. The summed E-state index contributed by atoms with van der Waals surface area (Å²) in [4.78, 5) is 30.8. The first-order chi connectivity index (χ1) is 14.1. The largest absolute Gasteiger partial charge is 0.481 e. The lowest BCUT2D eigenvalue weighted by Gasteiger charge is -2.14. The first-order valence-electron chi connectivity index (χ1n) is 9.15. The first kappa shape index (κ1) is 28.4. The van der Waals surface area contributed by atoms with Crippen molar-refractivity contribution >= 4 is 110 Å². The maximum Gasteiger partial charge on any atom is 0.306 e. The van der Waals surface area contributed by atoms with E-state index in [-0.39, 0.29) is 18.3 Å². The van der Waals surface area contributed by atoms with Gasteiger partial charge >= 0.3 is 5.97 Å². The van der Waals surface area contributed by atoms with Gasteiger partial charge in [0.2, 0.25) is 0 Å². The van der Waals surface area contributed by atoms with Crippen LogP contribution < -0.4 is 5.32 Å². The second kappa shape index (κ2) is 13.1. The molecule has 0 bridgehead atoms. The number of carboxylic acids is 1. The lowest BCUT2D eigenvalue weighted by atomic mass is 9.97. The fourth-order valence-corrected chi connectivity index (χ4v) is 6.88. The van der Waals surface area contributed by atoms with Crippen molar-refractivity contribution in [2.45, 2.75) is 19.8 Å². The zero-order valence-corrected chi connectivity index (χ0v) is 24.4. The molecule has 0 aromatic heterocycles. The van der Waals surface area contributed by atoms with Crippen molar-refractivity contribution in [2.75, 3.05) is 19.4 Å². The van der Waals surface area contributed by atoms with E-state index in [1.165, 1.54) is 0 Å². The number of carbonyl (C=O) groups is 2. The second-order valence-corrected chi connectivity index (χ2v) is 10.3. The zero-order chi connectivity index (χ0) is 22.4. The quantitative estimate of drug-likeness (QED) is 0.194. The topological polar surface area (TPSA) is 82.0 Å². The molecule has 1 unspecified atom stereocenters. The highest BCUT2D eigenvalue weighted by Crippen LogP contribution is 2.34. The van der Waals surface area contributed by atoms with Crippen LogP contribution in [0.2, 0.25) is 0 Å². The van der Waals surface area contributed by atoms with Gasteiger partial charge in [-0.15, -0.1) is 12.4 Å². The number of carbonyl (C=O) groups excluding carboxylic acids is 1. The Bertz CT molecular complexity index is 984. The summed E-state index contributed by atoms with van der Waals surface area (Å²) in [5.74, 6) is -1.46. The van der Waals surface area contributed by atoms with Gasteiger partial charge in [-0.1, -0.05) is 19.1 Å². The molecule has 31 heavy (non-hydrogen) atoms. The molecule has 2 rings (SSSR count). The minimum atomic E-state index is -0.805. The molecule has 1 amide bonds. The predicted octanol–water partition coefficient (Wildman–Crippen LogP) is 6.05. The van der Waals surface area contributed by atoms with E-state index in [1.807, 2.05) is 50.2 Å². The first-order valence-corrected chi connectivity index (χ1v) is 12.4. The Morgan fingerprint density at radius 1 is 1.19 bits per heavy atom. The minimum absolute atomic E-state index is 0. The van der Waals surface area contributed by atoms with Crippen molar-refractivity contribution in [3.8, 4) is 0 Å². The molecule has 10 heteroatoms. The van der Waals surface area contributed by atoms with Crippen LogP contribution in [0.3, 0.4) is 0 Å². The van der Waals surface area contributed by atoms with Crippen LogP contribution in [0.15, 0.2) is 35.3 Å². The molecule has 2 N–H and O–H groups in total. The molecule has 0 heterocycles. The van der Waals surface area contributed by atoms with Crippen molar-refractivity contribution in [1.29, 1.82) is 0 Å². The van der Waals surface area contributed by atoms with Crippen molar-refractivity contribution in [2.24, 2.45) is 10.9 Å². The van der Waals surface area contributed by atoms with Crippen LogP contribution in [0.5, 0.6) is 0 Å². The van der Waals surface area contributed by atoms with E-state index in [0.717, 1.165) is 22.0 Å². The smallest absolute Gasteiger partial charge is 0.306 e. The maximum atomic E-state index is 13.1. The molecule has 168 valence electrons. The van der Waals surface area contributed by atoms with E-state index in [4.69, 9.17) is 0 Å². The van der Waals surface area contributed by atoms with Gasteiger partial charge in [0.25, 0.3) is 5.91 Å². The number of aliphatic carboxylic acids is 1. The fourth-order valence-electron chi connectivity index (χ4n) is 2.74. The van der Waals surface area contributed by atoms with Gasteiger partial charge in [0, 0.05) is 26.9 Å². The fraction of sp³-hybridized carbons (Fsp3) is 0.286. The molecule has 0 aliphatic carbocycles. The Morgan fingerprint density at radius 3 is 2.45 bits per heavy atom. The van der Waals surface area contributed by atoms with Gasteiger partial charge in [-0.25, -0.2) is 4.99 Å². The van der Waals surface area contributed by atoms with Crippen molar-refractivity contribution in [1.82, 2.24) is 4.90 Å². The van der Waals surface area contributed by atoms with Crippen LogP contribution in [0.4, 0.5) is 11.4 Å². The standard InChI is InChI=1S/C21H22I3N3O3.ClH/c1-4-13(21(29)30)8-12-6-5-7-14(9-12)26-20(28)17-15(22)10-16(23)19(18(17)24)25-11-27(2)3;/h5-7,9-11,13H,4,8H2,1-3H3,(H,26,28)(H,29,30);1H. The van der Waals surface area contributed by atoms with Crippen LogP contribution in [-0.4, -0.2) is 42.3 Å². The maximum absolute atomic E-state index is 13.1. The van der Waals surface area contributed by atoms with Gasteiger partial charge in [0.1, 0.15) is 0 Å². The molecule has 0 aliphatic heterocycles. The molecule has 0 spiro atoms. The van der Waals surface area contributed by atoms with Crippen LogP contribution in [0.25, 0.3) is 0 Å². The predicted molar refractivity (Wildman–Crippen MR) is 153 cm³/mol. The van der Waals surface area contributed by atoms with Crippen molar-refractivity contribution in [3.63, 3.8) is 0 Å². The summed E-state index contributed by atoms with van der Waals surface area (Å²) in [6.45, 7) is 1.86. The van der Waals surface area contributed by atoms with Gasteiger partial charge < -0.3 is 15.3 Å². The van der Waals surface area contributed by atoms with Crippen molar-refractivity contribution in [3.05, 3.63) is 52.2 Å². The molecule has 0 fully saturated rings. The molecule has 2 aromatic rings. The average Bonchev–Trinajstić information content (AvgIpc) is 2.65. The van der Waals surface area contributed by atoms with Gasteiger partial charge in [-0.2, -0.15) is 0 Å². The molecule has 0 aliphatic rings. The van der Waals surface area contributed by atoms with E-state index < -0.39 is 11.9 Å². The summed E-state index contributed by atoms with van der Waals surface area (Å²) in [7, 11) is 3.79. The van der Waals surface area contributed by atoms with E-state index >= 15 is 0 Å². The summed E-state index contributed by atoms with van der Waals surface area (Å²) in [5, 5.41) is 12.3. The van der Waals surface area contributed by atoms with Gasteiger partial charge in [0.05, 0.1) is 27.1 Å². The molecule has 2 aromatic carbocycles. The number of halogens is 4. The van der Waals surface area contributed by atoms with Gasteiger partial charge in [-0.05, 0) is 104 Å². The SMILES string of the molecule is CCC(Cc1cccc(NC(=O)c2c(I)cc(I)c(N=CN(C)C)c2I)c1)C(=O)O.Cl. The lowest BCUT2D eigenvalue weighted by Crippen LogP contribution is -2.17. The van der Waals surface area contributed by atoms with Crippen LogP contribution in [0.1, 0.15) is 29.3 Å². The van der Waals surface area contributed by atoms with Crippen molar-refractivity contribution < 1.29 is 14.7 Å². The Morgan fingerprint density at radius 2 is 1.87 bits per heavy atom. The Kier molecular flexibility index (Phi) is 12.0. The molecular formula is C21H23ClI3N3O3. The third-order valence-corrected chi connectivity index (χ3v) is 7.02. The third-order valence-electron chi connectivity index (χ3n) is 4.30. The number of benzene rings is 2. The highest BCUT2D eigenvalue weighted by atomic mass is 127. The number of nitrogens with zero attached hydrogens (tertiary/aromatic N) is 2. The molecule has 6 nitrogen and oxygen atoms in total. The van der Waals surface area contributed by atoms with E-state index in [1.54, 1.807) is 12.4 Å². The number of carboxylic acid groups (broad SMARTS) is 1.